The maximum Gasteiger partial charge on any atom is 0.250 e. The Kier molecular flexibility index (Phi) is 9.13. The molecule has 0 radical (unpaired) electrons. The van der Waals surface area contributed by atoms with Crippen LogP contribution >= 0.6 is 0 Å². The van der Waals surface area contributed by atoms with Crippen LogP contribution in [0.15, 0.2) is 122 Å². The number of rotatable bonds is 8. The number of fused-ring (bicyclic) bond motifs is 8. The molecule has 0 aliphatic carbocycles. The van der Waals surface area contributed by atoms with Crippen molar-refractivity contribution in [3.05, 3.63) is 145 Å². The highest BCUT2D eigenvalue weighted by Gasteiger charge is 2.22. The molecule has 274 valence electrons. The molecule has 7 aromatic heterocycles. The van der Waals surface area contributed by atoms with Gasteiger partial charge in [-0.3, -0.25) is 0 Å². The molecule has 56 heavy (non-hydrogen) atoms. The molecule has 2 aliphatic heterocycles. The minimum Gasteiger partial charge on any atom is -0.354 e. The first-order valence-corrected chi connectivity index (χ1v) is 18.1. The van der Waals surface area contributed by atoms with Crippen LogP contribution in [-0.4, -0.2) is 40.4 Å². The fraction of sp³-hybridized carbons (Fsp3) is 0.0909. The van der Waals surface area contributed by atoms with Gasteiger partial charge < -0.3 is 30.4 Å². The lowest BCUT2D eigenvalue weighted by Gasteiger charge is -2.06. The summed E-state index contributed by atoms with van der Waals surface area (Å²) in [6.07, 6.45) is 22.8. The van der Waals surface area contributed by atoms with Crippen LogP contribution in [0.25, 0.3) is 90.9 Å². The lowest BCUT2D eigenvalue weighted by atomic mass is 10.0. The molecule has 2 aliphatic rings. The second-order valence-corrected chi connectivity index (χ2v) is 13.5. The number of H-pyrrole nitrogens is 2. The van der Waals surface area contributed by atoms with Crippen LogP contribution in [0.1, 0.15) is 22.8 Å². The summed E-state index contributed by atoms with van der Waals surface area (Å²) in [4.78, 5) is 18.0. The standard InChI is InChI=1S/C44H38N8O4/c53-25-49-17-1-5-29(21-49)41-33-9-11-35(45-33)42(30-6-2-18-50(22-30)26-54)37-13-15-39(47-37)44(32-8-4-20-52(24-32)28-56)40-16-14-38(48-40)43(36-12-10-34(41)46-36)31-7-3-19-51(23-31)27-55/h1-24,45-46,53-56H,25-28H2/q+4. The third-order valence-electron chi connectivity index (χ3n) is 9.99. The van der Waals surface area contributed by atoms with Gasteiger partial charge in [-0.1, -0.05) is 0 Å². The van der Waals surface area contributed by atoms with Crippen LogP contribution in [0.4, 0.5) is 0 Å². The summed E-state index contributed by atoms with van der Waals surface area (Å²) < 4.78 is 6.83. The molecule has 0 amide bonds. The van der Waals surface area contributed by atoms with Gasteiger partial charge in [0.25, 0.3) is 0 Å². The highest BCUT2D eigenvalue weighted by molar-refractivity contribution is 5.99. The minimum absolute atomic E-state index is 0.182. The molecule has 7 aromatic rings. The lowest BCUT2D eigenvalue weighted by molar-refractivity contribution is -0.729. The zero-order chi connectivity index (χ0) is 38.2. The molecule has 9 heterocycles. The highest BCUT2D eigenvalue weighted by atomic mass is 16.3. The van der Waals surface area contributed by atoms with E-state index in [1.54, 1.807) is 24.5 Å². The number of nitrogens with zero attached hydrogens (tertiary/aromatic N) is 6. The Balaban J connectivity index is 1.47. The van der Waals surface area contributed by atoms with E-state index in [9.17, 15) is 20.4 Å². The highest BCUT2D eigenvalue weighted by Crippen LogP contribution is 2.37. The number of aromatic amines is 2. The van der Waals surface area contributed by atoms with Crippen LogP contribution in [0.2, 0.25) is 0 Å². The Morgan fingerprint density at radius 3 is 1.00 bits per heavy atom. The fourth-order valence-corrected chi connectivity index (χ4v) is 7.45. The van der Waals surface area contributed by atoms with Gasteiger partial charge in [-0.05, 0) is 72.8 Å². The summed E-state index contributed by atoms with van der Waals surface area (Å²) in [7, 11) is 0. The summed E-state index contributed by atoms with van der Waals surface area (Å²) in [5.74, 6) is 0. The van der Waals surface area contributed by atoms with Gasteiger partial charge in [-0.2, -0.15) is 18.3 Å². The van der Waals surface area contributed by atoms with Gasteiger partial charge in [-0.25, -0.2) is 9.97 Å². The third-order valence-corrected chi connectivity index (χ3v) is 9.99. The van der Waals surface area contributed by atoms with E-state index < -0.39 is 0 Å². The largest absolute Gasteiger partial charge is 0.354 e. The fourth-order valence-electron chi connectivity index (χ4n) is 7.45. The second-order valence-electron chi connectivity index (χ2n) is 13.5. The van der Waals surface area contributed by atoms with Gasteiger partial charge in [-0.15, -0.1) is 0 Å². The third kappa shape index (κ3) is 6.38. The molecule has 9 rings (SSSR count). The summed E-state index contributed by atoms with van der Waals surface area (Å²) >= 11 is 0. The number of hydrogen-bond donors (Lipinski definition) is 6. The summed E-state index contributed by atoms with van der Waals surface area (Å²) in [6, 6.07) is 23.7. The van der Waals surface area contributed by atoms with Crippen molar-refractivity contribution in [3.63, 3.8) is 0 Å². The molecule has 0 unspecified atom stereocenters. The number of aliphatic hydroxyl groups is 4. The van der Waals surface area contributed by atoms with E-state index >= 15 is 0 Å². The predicted molar refractivity (Wildman–Crippen MR) is 210 cm³/mol. The van der Waals surface area contributed by atoms with Gasteiger partial charge in [0.2, 0.25) is 26.9 Å². The Morgan fingerprint density at radius 1 is 0.375 bits per heavy atom. The first kappa shape index (κ1) is 34.8. The molecule has 0 fully saturated rings. The van der Waals surface area contributed by atoms with E-state index in [1.807, 2.05) is 140 Å². The maximum atomic E-state index is 10.1. The molecule has 8 bridgehead atoms. The molecule has 6 N–H and O–H groups in total. The zero-order valence-corrected chi connectivity index (χ0v) is 30.2. The summed E-state index contributed by atoms with van der Waals surface area (Å²) in [5, 5.41) is 40.4. The van der Waals surface area contributed by atoms with Crippen LogP contribution in [0.5, 0.6) is 0 Å². The SMILES string of the molecule is OC[n+]1cccc(-c2c3nc(c(-c4ccc[n+](CO)c4)c4ccc([nH]4)c(-c4ccc[n+](CO)c4)c4ccc([nH]4)c(-c4ccc[n+](CO)c4)c4nc2C=C4)C=C3)c1. The molecule has 12 heteroatoms. The molecule has 0 spiro atoms. The van der Waals surface area contributed by atoms with Crippen molar-refractivity contribution in [2.45, 2.75) is 26.9 Å². The second kappa shape index (κ2) is 14.7. The Bertz CT molecular complexity index is 2750. The van der Waals surface area contributed by atoms with Crippen molar-refractivity contribution in [3.8, 4) is 44.5 Å². The average molecular weight is 743 g/mol. The maximum absolute atomic E-state index is 10.1. The molecule has 12 nitrogen and oxygen atoms in total. The predicted octanol–water partition coefficient (Wildman–Crippen LogP) is 4.27. The lowest BCUT2D eigenvalue weighted by Crippen LogP contribution is -2.32. The van der Waals surface area contributed by atoms with Gasteiger partial charge in [0.1, 0.15) is 0 Å². The van der Waals surface area contributed by atoms with Crippen LogP contribution in [0.3, 0.4) is 0 Å². The first-order valence-electron chi connectivity index (χ1n) is 18.1. The van der Waals surface area contributed by atoms with E-state index in [0.717, 1.165) is 66.6 Å². The molecule has 0 saturated carbocycles. The van der Waals surface area contributed by atoms with E-state index in [-0.39, 0.29) is 26.9 Å². The van der Waals surface area contributed by atoms with Crippen molar-refractivity contribution in [1.29, 1.82) is 0 Å². The Morgan fingerprint density at radius 2 is 0.661 bits per heavy atom. The van der Waals surface area contributed by atoms with E-state index in [1.165, 1.54) is 0 Å². The monoisotopic (exact) mass is 742 g/mol. The first-order chi connectivity index (χ1) is 27.5. The molecule has 0 saturated heterocycles. The number of nitrogens with one attached hydrogen (secondary N) is 2. The van der Waals surface area contributed by atoms with Crippen LogP contribution in [0, 0.1) is 0 Å². The van der Waals surface area contributed by atoms with Crippen molar-refractivity contribution < 1.29 is 38.7 Å². The zero-order valence-electron chi connectivity index (χ0n) is 30.2. The number of aromatic nitrogens is 8. The van der Waals surface area contributed by atoms with Gasteiger partial charge >= 0.3 is 0 Å². The van der Waals surface area contributed by atoms with E-state index in [4.69, 9.17) is 9.97 Å². The topological polar surface area (TPSA) is 154 Å². The number of pyridine rings is 4. The van der Waals surface area contributed by atoms with Crippen molar-refractivity contribution in [2.24, 2.45) is 0 Å². The summed E-state index contributed by atoms with van der Waals surface area (Å²) in [5.41, 5.74) is 12.7. The minimum atomic E-state index is -0.194. The Hall–Kier alpha value is -6.96. The molecular weight excluding hydrogens is 705 g/mol. The van der Waals surface area contributed by atoms with Crippen LogP contribution < -0.4 is 18.3 Å². The molecule has 0 aromatic carbocycles. The Labute approximate surface area is 320 Å². The average Bonchev–Trinajstić information content (AvgIpc) is 4.09. The van der Waals surface area contributed by atoms with Crippen molar-refractivity contribution in [2.75, 3.05) is 0 Å². The van der Waals surface area contributed by atoms with E-state index in [2.05, 4.69) is 9.97 Å². The molecular formula is C44H38N8O4+4. The van der Waals surface area contributed by atoms with Gasteiger partial charge in [0.15, 0.2) is 49.6 Å². The van der Waals surface area contributed by atoms with Crippen LogP contribution in [-0.2, 0) is 26.9 Å². The molecule has 0 atom stereocenters. The van der Waals surface area contributed by atoms with Gasteiger partial charge in [0.05, 0.1) is 39.5 Å². The smallest absolute Gasteiger partial charge is 0.250 e. The number of hydrogen-bond acceptors (Lipinski definition) is 6. The summed E-state index contributed by atoms with van der Waals surface area (Å²) in [6.45, 7) is -0.752. The normalized spacial score (nSPS) is 12.1. The number of aliphatic hydroxyl groups excluding tert-OH is 4. The van der Waals surface area contributed by atoms with E-state index in [0.29, 0.717) is 22.8 Å². The quantitative estimate of drug-likeness (QED) is 0.128. The van der Waals surface area contributed by atoms with Crippen molar-refractivity contribution >= 4 is 46.4 Å². The van der Waals surface area contributed by atoms with Gasteiger partial charge in [0, 0.05) is 74.1 Å². The van der Waals surface area contributed by atoms with Crippen molar-refractivity contribution in [1.82, 2.24) is 19.9 Å².